The Morgan fingerprint density at radius 3 is 2.89 bits per heavy atom. The first-order valence-electron chi connectivity index (χ1n) is 5.23. The summed E-state index contributed by atoms with van der Waals surface area (Å²) in [6, 6.07) is 5.32. The van der Waals surface area contributed by atoms with Crippen LogP contribution >= 0.6 is 23.1 Å². The molecule has 0 spiro atoms. The van der Waals surface area contributed by atoms with Crippen LogP contribution in [0.5, 0.6) is 0 Å². The Hall–Kier alpha value is -1.66. The van der Waals surface area contributed by atoms with Gasteiger partial charge in [0.1, 0.15) is 0 Å². The van der Waals surface area contributed by atoms with Gasteiger partial charge in [0.2, 0.25) is 0 Å². The van der Waals surface area contributed by atoms with Gasteiger partial charge in [-0.1, -0.05) is 11.8 Å². The monoisotopic (exact) mass is 276 g/mol. The Labute approximate surface area is 111 Å². The van der Waals surface area contributed by atoms with Crippen LogP contribution in [0.2, 0.25) is 0 Å². The van der Waals surface area contributed by atoms with Crippen LogP contribution in [0.3, 0.4) is 0 Å². The van der Waals surface area contributed by atoms with E-state index < -0.39 is 11.7 Å². The molecule has 1 aliphatic heterocycles. The van der Waals surface area contributed by atoms with E-state index in [2.05, 4.69) is 10.3 Å². The molecule has 3 rings (SSSR count). The molecule has 0 unspecified atom stereocenters. The predicted octanol–water partition coefficient (Wildman–Crippen LogP) is 2.74. The highest BCUT2D eigenvalue weighted by atomic mass is 32.2. The van der Waals surface area contributed by atoms with Crippen LogP contribution in [-0.2, 0) is 4.79 Å². The molecule has 1 aromatic heterocycles. The maximum Gasteiger partial charge on any atom is 0.296 e. The number of Topliss-reactive ketones (excluding diaryl/α,β-unsaturated/α-hetero) is 1. The summed E-state index contributed by atoms with van der Waals surface area (Å²) in [6.45, 7) is 1.95. The molecule has 18 heavy (non-hydrogen) atoms. The third-order valence-electron chi connectivity index (χ3n) is 2.49. The van der Waals surface area contributed by atoms with Crippen molar-refractivity contribution in [3.63, 3.8) is 0 Å². The van der Waals surface area contributed by atoms with Gasteiger partial charge in [0.05, 0.1) is 11.3 Å². The minimum Gasteiger partial charge on any atom is -0.318 e. The quantitative estimate of drug-likeness (QED) is 0.857. The Morgan fingerprint density at radius 2 is 2.17 bits per heavy atom. The third-order valence-corrected chi connectivity index (χ3v) is 4.54. The van der Waals surface area contributed by atoms with Gasteiger partial charge in [-0.2, -0.15) is 0 Å². The van der Waals surface area contributed by atoms with Crippen molar-refractivity contribution in [1.82, 2.24) is 4.98 Å². The highest BCUT2D eigenvalue weighted by molar-refractivity contribution is 8.01. The first-order chi connectivity index (χ1) is 8.63. The lowest BCUT2D eigenvalue weighted by molar-refractivity contribution is -0.112. The lowest BCUT2D eigenvalue weighted by Gasteiger charge is -2.01. The molecule has 0 saturated carbocycles. The molecule has 0 radical (unpaired) electrons. The number of hydrogen-bond donors (Lipinski definition) is 1. The molecular formula is C12H8N2O2S2. The molecule has 1 N–H and O–H groups in total. The van der Waals surface area contributed by atoms with E-state index in [4.69, 9.17) is 0 Å². The van der Waals surface area contributed by atoms with Crippen molar-refractivity contribution < 1.29 is 9.59 Å². The van der Waals surface area contributed by atoms with Crippen LogP contribution in [-0.4, -0.2) is 16.7 Å². The summed E-state index contributed by atoms with van der Waals surface area (Å²) in [7, 11) is 0. The highest BCUT2D eigenvalue weighted by Gasteiger charge is 2.27. The first kappa shape index (κ1) is 11.4. The van der Waals surface area contributed by atoms with Crippen molar-refractivity contribution in [2.24, 2.45) is 0 Å². The maximum atomic E-state index is 11.4. The first-order valence-corrected chi connectivity index (χ1v) is 6.93. The van der Waals surface area contributed by atoms with Crippen molar-refractivity contribution in [2.45, 2.75) is 16.2 Å². The fourth-order valence-electron chi connectivity index (χ4n) is 1.67. The van der Waals surface area contributed by atoms with Crippen molar-refractivity contribution in [1.29, 1.82) is 0 Å². The summed E-state index contributed by atoms with van der Waals surface area (Å²) < 4.78 is 0.947. The van der Waals surface area contributed by atoms with E-state index in [1.54, 1.807) is 23.5 Å². The van der Waals surface area contributed by atoms with Gasteiger partial charge < -0.3 is 5.32 Å². The van der Waals surface area contributed by atoms with E-state index in [1.165, 1.54) is 11.8 Å². The van der Waals surface area contributed by atoms with Crippen molar-refractivity contribution >= 4 is 40.5 Å². The average Bonchev–Trinajstić information content (AvgIpc) is 2.85. The Morgan fingerprint density at radius 1 is 1.33 bits per heavy atom. The van der Waals surface area contributed by atoms with Crippen LogP contribution in [0.15, 0.2) is 32.8 Å². The molecule has 1 aromatic carbocycles. The molecule has 6 heteroatoms. The lowest BCUT2D eigenvalue weighted by atomic mass is 10.1. The Kier molecular flexibility index (Phi) is 2.68. The largest absolute Gasteiger partial charge is 0.318 e. The second-order valence-electron chi connectivity index (χ2n) is 3.85. The van der Waals surface area contributed by atoms with Crippen LogP contribution in [0.4, 0.5) is 5.69 Å². The summed E-state index contributed by atoms with van der Waals surface area (Å²) >= 11 is 3.10. The number of carbonyl (C=O) groups is 2. The standard InChI is InChI=1S/C12H8N2O2S2/c1-6-5-17-12(13-6)18-7-2-3-8-9(4-7)14-11(16)10(8)15/h2-5H,1H3,(H,14,15,16). The summed E-state index contributed by atoms with van der Waals surface area (Å²) in [5, 5.41) is 4.55. The molecular weight excluding hydrogens is 268 g/mol. The van der Waals surface area contributed by atoms with Gasteiger partial charge in [0.25, 0.3) is 11.7 Å². The minimum absolute atomic E-state index is 0.444. The molecule has 1 aliphatic rings. The lowest BCUT2D eigenvalue weighted by Crippen LogP contribution is -2.12. The van der Waals surface area contributed by atoms with Crippen LogP contribution in [0.1, 0.15) is 16.1 Å². The predicted molar refractivity (Wildman–Crippen MR) is 70.4 cm³/mol. The Bertz CT molecular complexity index is 664. The van der Waals surface area contributed by atoms with Crippen molar-refractivity contribution in [2.75, 3.05) is 5.32 Å². The number of nitrogens with zero attached hydrogens (tertiary/aromatic N) is 1. The fraction of sp³-hybridized carbons (Fsp3) is 0.0833. The summed E-state index contributed by atoms with van der Waals surface area (Å²) in [4.78, 5) is 28.0. The van der Waals surface area contributed by atoms with E-state index in [0.717, 1.165) is 14.9 Å². The number of rotatable bonds is 2. The molecule has 4 nitrogen and oxygen atoms in total. The molecule has 90 valence electrons. The van der Waals surface area contributed by atoms with E-state index >= 15 is 0 Å². The summed E-state index contributed by atoms with van der Waals surface area (Å²) in [5.74, 6) is -1.02. The summed E-state index contributed by atoms with van der Waals surface area (Å²) in [5.41, 5.74) is 2.02. The number of amides is 1. The van der Waals surface area contributed by atoms with Crippen LogP contribution in [0.25, 0.3) is 0 Å². The van der Waals surface area contributed by atoms with Gasteiger partial charge in [-0.3, -0.25) is 9.59 Å². The average molecular weight is 276 g/mol. The van der Waals surface area contributed by atoms with E-state index in [9.17, 15) is 9.59 Å². The van der Waals surface area contributed by atoms with Gasteiger partial charge in [-0.05, 0) is 25.1 Å². The second kappa shape index (κ2) is 4.22. The van der Waals surface area contributed by atoms with Gasteiger partial charge in [0.15, 0.2) is 4.34 Å². The maximum absolute atomic E-state index is 11.4. The second-order valence-corrected chi connectivity index (χ2v) is 6.03. The Balaban J connectivity index is 1.90. The zero-order valence-electron chi connectivity index (χ0n) is 9.39. The van der Waals surface area contributed by atoms with Crippen LogP contribution < -0.4 is 5.32 Å². The molecule has 0 bridgehead atoms. The number of nitrogens with one attached hydrogen (secondary N) is 1. The smallest absolute Gasteiger partial charge is 0.296 e. The molecule has 1 amide bonds. The van der Waals surface area contributed by atoms with Gasteiger partial charge in [-0.15, -0.1) is 11.3 Å². The molecule has 0 fully saturated rings. The normalized spacial score (nSPS) is 13.6. The topological polar surface area (TPSA) is 59.1 Å². The highest BCUT2D eigenvalue weighted by Crippen LogP contribution is 2.34. The zero-order chi connectivity index (χ0) is 12.7. The minimum atomic E-state index is -0.558. The molecule has 0 saturated heterocycles. The van der Waals surface area contributed by atoms with E-state index in [0.29, 0.717) is 11.3 Å². The fourth-order valence-corrected chi connectivity index (χ4v) is 3.52. The number of aromatic nitrogens is 1. The van der Waals surface area contributed by atoms with Crippen molar-refractivity contribution in [3.8, 4) is 0 Å². The van der Waals surface area contributed by atoms with Gasteiger partial charge >= 0.3 is 0 Å². The number of fused-ring (bicyclic) bond motifs is 1. The van der Waals surface area contributed by atoms with E-state index in [-0.39, 0.29) is 0 Å². The zero-order valence-corrected chi connectivity index (χ0v) is 11.0. The number of anilines is 1. The van der Waals surface area contributed by atoms with Crippen molar-refractivity contribution in [3.05, 3.63) is 34.8 Å². The third kappa shape index (κ3) is 1.93. The van der Waals surface area contributed by atoms with Gasteiger partial charge in [-0.25, -0.2) is 4.98 Å². The number of carbonyl (C=O) groups excluding carboxylic acids is 2. The van der Waals surface area contributed by atoms with Crippen LogP contribution in [0, 0.1) is 6.92 Å². The number of aryl methyl sites for hydroxylation is 1. The van der Waals surface area contributed by atoms with Gasteiger partial charge in [0, 0.05) is 16.0 Å². The number of benzene rings is 1. The molecule has 0 atom stereocenters. The number of ketones is 1. The molecule has 2 heterocycles. The SMILES string of the molecule is Cc1csc(Sc2ccc3c(c2)NC(=O)C3=O)n1. The molecule has 0 aliphatic carbocycles. The number of hydrogen-bond acceptors (Lipinski definition) is 5. The summed E-state index contributed by atoms with van der Waals surface area (Å²) in [6.07, 6.45) is 0. The molecule has 2 aromatic rings. The van der Waals surface area contributed by atoms with E-state index in [1.807, 2.05) is 18.4 Å². The number of thiazole rings is 1.